The molecular formula is C15H21Cl2N3O2. The van der Waals surface area contributed by atoms with E-state index in [2.05, 4.69) is 10.6 Å². The first-order valence-corrected chi connectivity index (χ1v) is 7.92. The van der Waals surface area contributed by atoms with Gasteiger partial charge >= 0.3 is 0 Å². The van der Waals surface area contributed by atoms with Crippen molar-refractivity contribution in [2.45, 2.75) is 45.2 Å². The van der Waals surface area contributed by atoms with Gasteiger partial charge in [0.2, 0.25) is 11.8 Å². The van der Waals surface area contributed by atoms with Crippen LogP contribution in [0.2, 0.25) is 10.0 Å². The fraction of sp³-hybridized carbons (Fsp3) is 0.467. The first kappa shape index (κ1) is 18.7. The summed E-state index contributed by atoms with van der Waals surface area (Å²) in [6, 6.07) is 3.58. The van der Waals surface area contributed by atoms with Gasteiger partial charge in [0.05, 0.1) is 6.04 Å². The molecule has 1 unspecified atom stereocenters. The molecule has 0 aromatic heterocycles. The molecule has 0 fully saturated rings. The Hall–Kier alpha value is -1.30. The van der Waals surface area contributed by atoms with Crippen molar-refractivity contribution in [3.05, 3.63) is 28.2 Å². The van der Waals surface area contributed by atoms with E-state index >= 15 is 0 Å². The van der Waals surface area contributed by atoms with Crippen LogP contribution in [0.25, 0.3) is 0 Å². The van der Waals surface area contributed by atoms with E-state index in [1.807, 2.05) is 6.92 Å². The predicted octanol–water partition coefficient (Wildman–Crippen LogP) is 2.95. The number of hydrogen-bond acceptors (Lipinski definition) is 4. The number of nitrogens with two attached hydrogens (primary N) is 1. The zero-order valence-corrected chi connectivity index (χ0v) is 14.2. The third-order valence-electron chi connectivity index (χ3n) is 3.09. The maximum absolute atomic E-state index is 12.0. The molecule has 0 radical (unpaired) electrons. The smallest absolute Gasteiger partial charge is 0.248 e. The van der Waals surface area contributed by atoms with Gasteiger partial charge in [-0.3, -0.25) is 14.9 Å². The van der Waals surface area contributed by atoms with E-state index in [0.717, 1.165) is 12.8 Å². The van der Waals surface area contributed by atoms with E-state index < -0.39 is 23.9 Å². The van der Waals surface area contributed by atoms with Gasteiger partial charge in [-0.15, -0.1) is 0 Å². The number of nitrogens with one attached hydrogen (secondary N) is 2. The molecule has 0 aliphatic rings. The van der Waals surface area contributed by atoms with Crippen molar-refractivity contribution in [2.75, 3.05) is 5.32 Å². The standard InChI is InChI=1S/C15H21Cl2N3O2/c1-3-4-5-13(18)15(22)20-14(21)9(2)19-12-7-10(16)6-11(17)8-12/h6-9,13,19H,3-5,18H2,1-2H3,(H,20,21,22)/t9-,13?/m0/s1. The van der Waals surface area contributed by atoms with E-state index in [1.165, 1.54) is 0 Å². The van der Waals surface area contributed by atoms with Crippen molar-refractivity contribution in [3.63, 3.8) is 0 Å². The van der Waals surface area contributed by atoms with Crippen molar-refractivity contribution in [3.8, 4) is 0 Å². The van der Waals surface area contributed by atoms with Gasteiger partial charge in [-0.1, -0.05) is 43.0 Å². The van der Waals surface area contributed by atoms with Crippen molar-refractivity contribution in [2.24, 2.45) is 5.73 Å². The highest BCUT2D eigenvalue weighted by molar-refractivity contribution is 6.35. The summed E-state index contributed by atoms with van der Waals surface area (Å²) in [4.78, 5) is 23.8. The van der Waals surface area contributed by atoms with E-state index in [9.17, 15) is 9.59 Å². The highest BCUT2D eigenvalue weighted by Gasteiger charge is 2.20. The summed E-state index contributed by atoms with van der Waals surface area (Å²) in [5.74, 6) is -0.913. The van der Waals surface area contributed by atoms with Crippen LogP contribution in [0, 0.1) is 0 Å². The highest BCUT2D eigenvalue weighted by atomic mass is 35.5. The number of benzene rings is 1. The zero-order chi connectivity index (χ0) is 16.7. The van der Waals surface area contributed by atoms with Crippen LogP contribution >= 0.6 is 23.2 Å². The number of imide groups is 1. The van der Waals surface area contributed by atoms with Crippen molar-refractivity contribution >= 4 is 40.7 Å². The van der Waals surface area contributed by atoms with E-state index in [0.29, 0.717) is 22.2 Å². The lowest BCUT2D eigenvalue weighted by Crippen LogP contribution is -2.48. The van der Waals surface area contributed by atoms with Crippen LogP contribution in [-0.2, 0) is 9.59 Å². The number of anilines is 1. The van der Waals surface area contributed by atoms with Gasteiger partial charge in [0.25, 0.3) is 0 Å². The second kappa shape index (κ2) is 8.98. The third-order valence-corrected chi connectivity index (χ3v) is 3.53. The van der Waals surface area contributed by atoms with Gasteiger partial charge in [-0.2, -0.15) is 0 Å². The number of hydrogen-bond donors (Lipinski definition) is 3. The molecule has 5 nitrogen and oxygen atoms in total. The SMILES string of the molecule is CCCCC(N)C(=O)NC(=O)[C@H](C)Nc1cc(Cl)cc(Cl)c1. The van der Waals surface area contributed by atoms with Gasteiger partial charge in [-0.25, -0.2) is 0 Å². The summed E-state index contributed by atoms with van der Waals surface area (Å²) in [7, 11) is 0. The Kier molecular flexibility index (Phi) is 7.65. The van der Waals surface area contributed by atoms with Gasteiger partial charge in [0.1, 0.15) is 6.04 Å². The predicted molar refractivity (Wildman–Crippen MR) is 90.2 cm³/mol. The Morgan fingerprint density at radius 2 is 1.77 bits per heavy atom. The van der Waals surface area contributed by atoms with Crippen LogP contribution in [0.15, 0.2) is 18.2 Å². The van der Waals surface area contributed by atoms with Crippen molar-refractivity contribution < 1.29 is 9.59 Å². The molecule has 1 rings (SSSR count). The summed E-state index contributed by atoms with van der Waals surface area (Å²) in [6.07, 6.45) is 2.35. The average molecular weight is 346 g/mol. The molecule has 2 amide bonds. The minimum atomic E-state index is -0.670. The Morgan fingerprint density at radius 3 is 2.32 bits per heavy atom. The first-order chi connectivity index (χ1) is 10.3. The fourth-order valence-electron chi connectivity index (χ4n) is 1.83. The molecule has 0 saturated carbocycles. The largest absolute Gasteiger partial charge is 0.374 e. The molecule has 0 heterocycles. The summed E-state index contributed by atoms with van der Waals surface area (Å²) < 4.78 is 0. The molecular weight excluding hydrogens is 325 g/mol. The molecule has 0 saturated heterocycles. The number of amides is 2. The molecule has 2 atom stereocenters. The van der Waals surface area contributed by atoms with Crippen LogP contribution in [0.3, 0.4) is 0 Å². The molecule has 0 bridgehead atoms. The normalized spacial score (nSPS) is 13.3. The molecule has 0 aliphatic heterocycles. The number of carbonyl (C=O) groups is 2. The molecule has 4 N–H and O–H groups in total. The molecule has 0 spiro atoms. The number of unbranched alkanes of at least 4 members (excludes halogenated alkanes) is 1. The molecule has 1 aromatic rings. The van der Waals surface area contributed by atoms with Crippen LogP contribution in [0.1, 0.15) is 33.1 Å². The van der Waals surface area contributed by atoms with E-state index in [4.69, 9.17) is 28.9 Å². The maximum atomic E-state index is 12.0. The van der Waals surface area contributed by atoms with Crippen LogP contribution < -0.4 is 16.4 Å². The Labute approximate surface area is 140 Å². The average Bonchev–Trinajstić information content (AvgIpc) is 2.43. The quantitative estimate of drug-likeness (QED) is 0.709. The monoisotopic (exact) mass is 345 g/mol. The lowest BCUT2D eigenvalue weighted by Gasteiger charge is -2.17. The lowest BCUT2D eigenvalue weighted by atomic mass is 10.1. The molecule has 1 aromatic carbocycles. The van der Waals surface area contributed by atoms with E-state index in [1.54, 1.807) is 25.1 Å². The van der Waals surface area contributed by atoms with Gasteiger partial charge < -0.3 is 11.1 Å². The van der Waals surface area contributed by atoms with Gasteiger partial charge in [-0.05, 0) is 31.5 Å². The molecule has 22 heavy (non-hydrogen) atoms. The van der Waals surface area contributed by atoms with Crippen molar-refractivity contribution in [1.82, 2.24) is 5.32 Å². The topological polar surface area (TPSA) is 84.2 Å². The molecule has 7 heteroatoms. The summed E-state index contributed by atoms with van der Waals surface area (Å²) in [5.41, 5.74) is 6.32. The number of rotatable bonds is 7. The second-order valence-electron chi connectivity index (χ2n) is 5.13. The Balaban J connectivity index is 2.56. The van der Waals surface area contributed by atoms with E-state index in [-0.39, 0.29) is 0 Å². The zero-order valence-electron chi connectivity index (χ0n) is 12.7. The Bertz CT molecular complexity index is 517. The summed E-state index contributed by atoms with van der Waals surface area (Å²) >= 11 is 11.8. The minimum absolute atomic E-state index is 0.451. The summed E-state index contributed by atoms with van der Waals surface area (Å²) in [5, 5.41) is 6.16. The minimum Gasteiger partial charge on any atom is -0.374 e. The van der Waals surface area contributed by atoms with Crippen LogP contribution in [-0.4, -0.2) is 23.9 Å². The summed E-state index contributed by atoms with van der Waals surface area (Å²) in [6.45, 7) is 3.65. The third kappa shape index (κ3) is 6.22. The number of halogens is 2. The second-order valence-corrected chi connectivity index (χ2v) is 6.00. The van der Waals surface area contributed by atoms with Crippen LogP contribution in [0.4, 0.5) is 5.69 Å². The fourth-order valence-corrected chi connectivity index (χ4v) is 2.36. The first-order valence-electron chi connectivity index (χ1n) is 7.16. The van der Waals surface area contributed by atoms with Crippen LogP contribution in [0.5, 0.6) is 0 Å². The Morgan fingerprint density at radius 1 is 1.18 bits per heavy atom. The lowest BCUT2D eigenvalue weighted by molar-refractivity contribution is -0.131. The molecule has 122 valence electrons. The highest BCUT2D eigenvalue weighted by Crippen LogP contribution is 2.22. The molecule has 0 aliphatic carbocycles. The van der Waals surface area contributed by atoms with Crippen molar-refractivity contribution in [1.29, 1.82) is 0 Å². The van der Waals surface area contributed by atoms with Gasteiger partial charge in [0, 0.05) is 15.7 Å². The number of carbonyl (C=O) groups excluding carboxylic acids is 2. The maximum Gasteiger partial charge on any atom is 0.248 e. The van der Waals surface area contributed by atoms with Gasteiger partial charge in [0.15, 0.2) is 0 Å².